The second-order valence-corrected chi connectivity index (χ2v) is 5.06. The van der Waals surface area contributed by atoms with Gasteiger partial charge in [0, 0.05) is 0 Å². The number of nitrogens with zero attached hydrogens (tertiary/aromatic N) is 4. The molecule has 0 aromatic carbocycles. The van der Waals surface area contributed by atoms with Gasteiger partial charge in [-0.25, -0.2) is 9.97 Å². The molecule has 0 unspecified atom stereocenters. The lowest BCUT2D eigenvalue weighted by atomic mass is 10.5. The molecule has 1 N–H and O–H groups in total. The number of rotatable bonds is 6. The van der Waals surface area contributed by atoms with Crippen molar-refractivity contribution in [1.82, 2.24) is 19.9 Å². The molecule has 0 saturated carbocycles. The fraction of sp³-hybridized carbons (Fsp3) is 0.429. The van der Waals surface area contributed by atoms with Gasteiger partial charge in [-0.1, -0.05) is 0 Å². The molecule has 0 radical (unpaired) electrons. The van der Waals surface area contributed by atoms with Crippen molar-refractivity contribution in [2.75, 3.05) is 13.2 Å². The third-order valence-electron chi connectivity index (χ3n) is 2.43. The van der Waals surface area contributed by atoms with Gasteiger partial charge in [-0.15, -0.1) is 11.6 Å². The van der Waals surface area contributed by atoms with E-state index in [2.05, 4.69) is 29.4 Å². The minimum Gasteiger partial charge on any atom is -0.467 e. The van der Waals surface area contributed by atoms with E-state index in [1.807, 2.05) is 0 Å². The van der Waals surface area contributed by atoms with E-state index in [-0.39, 0.29) is 29.9 Å². The van der Waals surface area contributed by atoms with Crippen molar-refractivity contribution < 1.29 is 40.9 Å². The van der Waals surface area contributed by atoms with E-state index < -0.39 is 25.6 Å². The summed E-state index contributed by atoms with van der Waals surface area (Å²) < 4.78 is 78.7. The molecule has 14 heteroatoms. The fourth-order valence-corrected chi connectivity index (χ4v) is 1.44. The zero-order valence-corrected chi connectivity index (χ0v) is 14.6. The maximum Gasteiger partial charge on any atom is 0.422 e. The van der Waals surface area contributed by atoms with E-state index in [4.69, 9.17) is 16.7 Å². The summed E-state index contributed by atoms with van der Waals surface area (Å²) in [5, 5.41) is 8.56. The van der Waals surface area contributed by atoms with E-state index >= 15 is 0 Å². The Morgan fingerprint density at radius 1 is 0.750 bits per heavy atom. The Morgan fingerprint density at radius 3 is 1.46 bits per heavy atom. The molecule has 0 aliphatic heterocycles. The summed E-state index contributed by atoms with van der Waals surface area (Å²) in [7, 11) is 0. The molecule has 2 aromatic rings. The van der Waals surface area contributed by atoms with E-state index in [0.717, 1.165) is 18.6 Å². The third kappa shape index (κ3) is 10.7. The monoisotopic (exact) mass is 434 g/mol. The van der Waals surface area contributed by atoms with Crippen molar-refractivity contribution in [1.29, 1.82) is 0 Å². The van der Waals surface area contributed by atoms with Crippen LogP contribution in [0.1, 0.15) is 11.4 Å². The average Bonchev–Trinajstić information content (AvgIpc) is 2.65. The summed E-state index contributed by atoms with van der Waals surface area (Å²) in [6.07, 6.45) is -4.23. The molecule has 2 rings (SSSR count). The number of hydrogen-bond acceptors (Lipinski definition) is 7. The largest absolute Gasteiger partial charge is 0.467 e. The number of alkyl halides is 7. The summed E-state index contributed by atoms with van der Waals surface area (Å²) in [6.45, 7) is -3.09. The quantitative estimate of drug-likeness (QED) is 0.552. The Morgan fingerprint density at radius 2 is 1.18 bits per heavy atom. The van der Waals surface area contributed by atoms with Gasteiger partial charge in [0.2, 0.25) is 11.8 Å². The summed E-state index contributed by atoms with van der Waals surface area (Å²) in [5.41, 5.74) is 0.746. The summed E-state index contributed by atoms with van der Waals surface area (Å²) >= 11 is 5.41. The van der Waals surface area contributed by atoms with Gasteiger partial charge in [0.15, 0.2) is 13.2 Å². The highest BCUT2D eigenvalue weighted by molar-refractivity contribution is 6.16. The average molecular weight is 435 g/mol. The molecule has 0 atom stereocenters. The molecule has 0 saturated heterocycles. The molecule has 0 spiro atoms. The van der Waals surface area contributed by atoms with Crippen LogP contribution in [0.15, 0.2) is 24.8 Å². The van der Waals surface area contributed by atoms with Crippen LogP contribution in [0.5, 0.6) is 11.8 Å². The predicted octanol–water partition coefficient (Wildman–Crippen LogP) is 3.07. The first-order chi connectivity index (χ1) is 13.0. The minimum absolute atomic E-state index is 0.159. The molecule has 0 fully saturated rings. The molecule has 0 amide bonds. The molecule has 0 bridgehead atoms. The summed E-state index contributed by atoms with van der Waals surface area (Å²) in [6, 6.07) is 0. The normalized spacial score (nSPS) is 11.4. The van der Waals surface area contributed by atoms with Gasteiger partial charge in [0.05, 0.1) is 48.7 Å². The van der Waals surface area contributed by atoms with Gasteiger partial charge < -0.3 is 14.6 Å². The highest BCUT2D eigenvalue weighted by Gasteiger charge is 2.29. The standard InChI is InChI=1S/C7H6ClF3N2O.C7H7F3N2O2/c8-1-5-2-13-6(3-12-5)14-4-7(9,10)11;8-7(9,10)4-14-6-2-11-5(3-13)1-12-6/h2-3H,1,4H2;1-2,13H,3-4H2. The third-order valence-corrected chi connectivity index (χ3v) is 2.70. The summed E-state index contributed by atoms with van der Waals surface area (Å²) in [5.74, 6) is -0.234. The zero-order valence-electron chi connectivity index (χ0n) is 13.8. The lowest BCUT2D eigenvalue weighted by Gasteiger charge is -2.07. The van der Waals surface area contributed by atoms with Crippen molar-refractivity contribution >= 4 is 11.6 Å². The molecule has 28 heavy (non-hydrogen) atoms. The predicted molar refractivity (Wildman–Crippen MR) is 82.6 cm³/mol. The Balaban J connectivity index is 0.000000280. The molecular formula is C14H13ClF6N4O3. The Bertz CT molecular complexity index is 637. The van der Waals surface area contributed by atoms with Crippen LogP contribution < -0.4 is 9.47 Å². The van der Waals surface area contributed by atoms with E-state index in [1.54, 1.807) is 0 Å². The Hall–Kier alpha value is -2.41. The van der Waals surface area contributed by atoms with Crippen LogP contribution in [0.4, 0.5) is 26.3 Å². The first-order valence-electron chi connectivity index (χ1n) is 7.20. The van der Waals surface area contributed by atoms with Crippen LogP contribution in [0.3, 0.4) is 0 Å². The topological polar surface area (TPSA) is 90.3 Å². The second kappa shape index (κ2) is 10.8. The van der Waals surface area contributed by atoms with Gasteiger partial charge >= 0.3 is 12.4 Å². The zero-order chi connectivity index (χ0) is 21.2. The van der Waals surface area contributed by atoms with Gasteiger partial charge in [0.1, 0.15) is 0 Å². The van der Waals surface area contributed by atoms with E-state index in [9.17, 15) is 26.3 Å². The number of ether oxygens (including phenoxy) is 2. The summed E-state index contributed by atoms with van der Waals surface area (Å²) in [4.78, 5) is 14.4. The lowest BCUT2D eigenvalue weighted by Crippen LogP contribution is -2.19. The van der Waals surface area contributed by atoms with Gasteiger partial charge in [-0.3, -0.25) is 9.97 Å². The molecule has 7 nitrogen and oxygen atoms in total. The van der Waals surface area contributed by atoms with Gasteiger partial charge in [0.25, 0.3) is 0 Å². The molecule has 0 aliphatic carbocycles. The van der Waals surface area contributed by atoms with Crippen LogP contribution in [0.2, 0.25) is 0 Å². The maximum absolute atomic E-state index is 11.7. The highest BCUT2D eigenvalue weighted by atomic mass is 35.5. The van der Waals surface area contributed by atoms with Gasteiger partial charge in [-0.2, -0.15) is 26.3 Å². The number of aliphatic hydroxyl groups is 1. The maximum atomic E-state index is 11.7. The number of aromatic nitrogens is 4. The lowest BCUT2D eigenvalue weighted by molar-refractivity contribution is -0.154. The molecule has 2 aromatic heterocycles. The molecule has 2 heterocycles. The van der Waals surface area contributed by atoms with Crippen molar-refractivity contribution in [2.45, 2.75) is 24.8 Å². The second-order valence-electron chi connectivity index (χ2n) is 4.79. The SMILES string of the molecule is FC(F)(F)COc1cnc(CCl)cn1.OCc1cnc(OCC(F)(F)F)cn1. The molecule has 0 aliphatic rings. The van der Waals surface area contributed by atoms with Crippen LogP contribution in [-0.4, -0.2) is 50.6 Å². The molecule has 156 valence electrons. The smallest absolute Gasteiger partial charge is 0.422 e. The fourth-order valence-electron chi connectivity index (χ4n) is 1.30. The van der Waals surface area contributed by atoms with E-state index in [1.165, 1.54) is 6.20 Å². The van der Waals surface area contributed by atoms with Crippen molar-refractivity contribution in [3.63, 3.8) is 0 Å². The van der Waals surface area contributed by atoms with Crippen LogP contribution in [0, 0.1) is 0 Å². The van der Waals surface area contributed by atoms with Crippen LogP contribution >= 0.6 is 11.6 Å². The number of hydrogen-bond donors (Lipinski definition) is 1. The Kier molecular flexibility index (Phi) is 9.12. The van der Waals surface area contributed by atoms with Crippen molar-refractivity contribution in [3.05, 3.63) is 36.2 Å². The van der Waals surface area contributed by atoms with Crippen LogP contribution in [0.25, 0.3) is 0 Å². The molecular weight excluding hydrogens is 422 g/mol. The first-order valence-corrected chi connectivity index (χ1v) is 7.73. The van der Waals surface area contributed by atoms with Gasteiger partial charge in [-0.05, 0) is 0 Å². The first kappa shape index (κ1) is 23.6. The Labute approximate surface area is 159 Å². The highest BCUT2D eigenvalue weighted by Crippen LogP contribution is 2.17. The number of aliphatic hydroxyl groups excluding tert-OH is 1. The minimum atomic E-state index is -4.39. The van der Waals surface area contributed by atoms with E-state index in [0.29, 0.717) is 5.69 Å². The van der Waals surface area contributed by atoms with Crippen molar-refractivity contribution in [3.8, 4) is 11.8 Å². The van der Waals surface area contributed by atoms with Crippen LogP contribution in [-0.2, 0) is 12.5 Å². The van der Waals surface area contributed by atoms with Crippen molar-refractivity contribution in [2.24, 2.45) is 0 Å². The number of halogens is 7.